The number of nitrogens with one attached hydrogen (secondary N) is 1. The molecule has 4 aromatic rings. The van der Waals surface area contributed by atoms with Crippen LogP contribution >= 0.6 is 8.53 Å². The minimum Gasteiger partial charge on any atom is -0.497 e. The van der Waals surface area contributed by atoms with E-state index in [1.807, 2.05) is 78.9 Å². The van der Waals surface area contributed by atoms with Crippen molar-refractivity contribution in [2.45, 2.75) is 23.5 Å². The van der Waals surface area contributed by atoms with E-state index in [1.165, 1.54) is 12.1 Å². The van der Waals surface area contributed by atoms with Crippen molar-refractivity contribution >= 4 is 14.4 Å². The summed E-state index contributed by atoms with van der Waals surface area (Å²) in [5, 5.41) is 9.06. The number of carbonyl (C=O) groups excluding carboxylic acids is 1. The molecule has 0 spiro atoms. The molecule has 1 heterocycles. The van der Waals surface area contributed by atoms with Gasteiger partial charge in [0.2, 0.25) is 0 Å². The molecule has 1 aliphatic heterocycles. The van der Waals surface area contributed by atoms with Crippen LogP contribution in [-0.2, 0) is 20.5 Å². The summed E-state index contributed by atoms with van der Waals surface area (Å²) in [4.78, 5) is 23.0. The third-order valence-electron chi connectivity index (χ3n) is 7.65. The van der Waals surface area contributed by atoms with Crippen molar-refractivity contribution in [3.63, 3.8) is 0 Å². The summed E-state index contributed by atoms with van der Waals surface area (Å²) >= 11 is 0. The van der Waals surface area contributed by atoms with Crippen LogP contribution in [0.25, 0.3) is 0 Å². The van der Waals surface area contributed by atoms with Crippen LogP contribution in [0.4, 0.5) is 13.2 Å². The van der Waals surface area contributed by atoms with Gasteiger partial charge in [-0.25, -0.2) is 0 Å². The lowest BCUT2D eigenvalue weighted by molar-refractivity contribution is -0.166. The third kappa shape index (κ3) is 7.29. The molecule has 0 saturated carbocycles. The number of hydrogen-bond donors (Lipinski definition) is 3. The van der Waals surface area contributed by atoms with Crippen LogP contribution in [0.5, 0.6) is 11.5 Å². The normalized spacial score (nSPS) is 15.0. The Morgan fingerprint density at radius 1 is 0.851 bits per heavy atom. The van der Waals surface area contributed by atoms with Crippen molar-refractivity contribution in [1.29, 1.82) is 0 Å². The van der Waals surface area contributed by atoms with Gasteiger partial charge >= 0.3 is 11.8 Å². The van der Waals surface area contributed by atoms with E-state index in [9.17, 15) is 22.9 Å². The summed E-state index contributed by atoms with van der Waals surface area (Å²) in [6.07, 6.45) is -5.62. The van der Waals surface area contributed by atoms with Gasteiger partial charge in [-0.15, -0.1) is 10.2 Å². The molecular formula is C33H32F3N4O6P. The maximum absolute atomic E-state index is 13.4. The molecule has 0 radical (unpaired) electrons. The monoisotopic (exact) mass is 668 g/mol. The highest BCUT2D eigenvalue weighted by molar-refractivity contribution is 7.43. The number of carbonyl (C=O) groups is 1. The van der Waals surface area contributed by atoms with E-state index in [1.54, 1.807) is 14.2 Å². The van der Waals surface area contributed by atoms with E-state index >= 15 is 0 Å². The molecule has 4 N–H and O–H groups in total. The van der Waals surface area contributed by atoms with Gasteiger partial charge in [0.25, 0.3) is 14.4 Å². The average Bonchev–Trinajstić information content (AvgIpc) is 3.91. The van der Waals surface area contributed by atoms with Crippen LogP contribution in [-0.4, -0.2) is 50.5 Å². The fraction of sp³-hybridized carbons (Fsp3) is 0.242. The van der Waals surface area contributed by atoms with Gasteiger partial charge < -0.3 is 28.9 Å². The zero-order chi connectivity index (χ0) is 33.7. The van der Waals surface area contributed by atoms with Crippen LogP contribution in [0.3, 0.4) is 0 Å². The topological polar surface area (TPSA) is 137 Å². The number of methoxy groups -OCH3 is 2. The van der Waals surface area contributed by atoms with Crippen LogP contribution in [0, 0.1) is 0 Å². The minimum atomic E-state index is -4.68. The van der Waals surface area contributed by atoms with Crippen LogP contribution < -0.4 is 20.3 Å². The van der Waals surface area contributed by atoms with E-state index in [0.29, 0.717) is 11.5 Å². The van der Waals surface area contributed by atoms with E-state index in [4.69, 9.17) is 24.2 Å². The summed E-state index contributed by atoms with van der Waals surface area (Å²) in [5.74, 6) is 0.701. The molecule has 2 unspecified atom stereocenters. The number of hydrogen-bond acceptors (Lipinski definition) is 9. The first-order valence-corrected chi connectivity index (χ1v) is 15.6. The van der Waals surface area contributed by atoms with Gasteiger partial charge in [-0.05, 0) is 53.1 Å². The number of halogens is 3. The van der Waals surface area contributed by atoms with Crippen molar-refractivity contribution in [1.82, 2.24) is 5.32 Å². The standard InChI is InChI=1S/C33H32F3N4O6P/c1-43-27-16-12-24(13-17-27)31(23-6-4-3-5-7-23,25-14-18-28(44-2)19-15-25)45-21-29(46-47(37)42)20-38-30(41)22-8-10-26(11-9-22)32(39-40-32)33(34,35)36/h3-19,29,42H,20-21,37H2,1-2H3,(H,38,41). The lowest BCUT2D eigenvalue weighted by Gasteiger charge is -2.37. The van der Waals surface area contributed by atoms with Crippen molar-refractivity contribution in [3.05, 3.63) is 131 Å². The lowest BCUT2D eigenvalue weighted by atomic mass is 9.80. The number of nitrogens with two attached hydrogens (primary N) is 1. The summed E-state index contributed by atoms with van der Waals surface area (Å²) in [6.45, 7) is -0.301. The quantitative estimate of drug-likeness (QED) is 0.108. The van der Waals surface area contributed by atoms with Gasteiger partial charge in [-0.3, -0.25) is 10.3 Å². The Kier molecular flexibility index (Phi) is 10.2. The van der Waals surface area contributed by atoms with Crippen LogP contribution in [0.2, 0.25) is 0 Å². The molecule has 1 aliphatic rings. The minimum absolute atomic E-state index is 0.0977. The second kappa shape index (κ2) is 14.2. The van der Waals surface area contributed by atoms with Gasteiger partial charge in [0.15, 0.2) is 0 Å². The predicted molar refractivity (Wildman–Crippen MR) is 168 cm³/mol. The molecule has 0 aliphatic carbocycles. The zero-order valence-electron chi connectivity index (χ0n) is 25.3. The maximum Gasteiger partial charge on any atom is 0.442 e. The zero-order valence-corrected chi connectivity index (χ0v) is 26.2. The van der Waals surface area contributed by atoms with E-state index in [2.05, 4.69) is 15.5 Å². The largest absolute Gasteiger partial charge is 0.497 e. The van der Waals surface area contributed by atoms with Gasteiger partial charge in [-0.2, -0.15) is 13.2 Å². The Balaban J connectivity index is 1.41. The number of rotatable bonds is 14. The van der Waals surface area contributed by atoms with Crippen molar-refractivity contribution in [3.8, 4) is 11.5 Å². The third-order valence-corrected chi connectivity index (χ3v) is 8.17. The summed E-state index contributed by atoms with van der Waals surface area (Å²) in [5.41, 5.74) is 4.03. The second-order valence-electron chi connectivity index (χ2n) is 10.5. The molecule has 5 rings (SSSR count). The first kappa shape index (κ1) is 34.0. The fourth-order valence-corrected chi connectivity index (χ4v) is 5.62. The molecule has 1 amide bonds. The molecular weight excluding hydrogens is 636 g/mol. The molecule has 47 heavy (non-hydrogen) atoms. The Labute approximate surface area is 270 Å². The lowest BCUT2D eigenvalue weighted by Crippen LogP contribution is -2.40. The number of benzene rings is 4. The van der Waals surface area contributed by atoms with Gasteiger partial charge in [0.1, 0.15) is 23.2 Å². The predicted octanol–water partition coefficient (Wildman–Crippen LogP) is 6.19. The smallest absolute Gasteiger partial charge is 0.442 e. The van der Waals surface area contributed by atoms with Crippen molar-refractivity contribution < 1.29 is 41.6 Å². The summed E-state index contributed by atoms with van der Waals surface area (Å²) in [7, 11) is 0.781. The van der Waals surface area contributed by atoms with Gasteiger partial charge in [-0.1, -0.05) is 66.7 Å². The summed E-state index contributed by atoms with van der Waals surface area (Å²) < 4.78 is 63.3. The van der Waals surface area contributed by atoms with E-state index < -0.39 is 38.0 Å². The molecule has 0 saturated heterocycles. The fourth-order valence-electron chi connectivity index (χ4n) is 5.18. The first-order valence-electron chi connectivity index (χ1n) is 14.3. The molecule has 2 atom stereocenters. The van der Waals surface area contributed by atoms with Crippen LogP contribution in [0.1, 0.15) is 32.6 Å². The molecule has 0 bridgehead atoms. The van der Waals surface area contributed by atoms with E-state index in [0.717, 1.165) is 28.8 Å². The highest BCUT2D eigenvalue weighted by Crippen LogP contribution is 2.52. The highest BCUT2D eigenvalue weighted by Gasteiger charge is 2.65. The van der Waals surface area contributed by atoms with E-state index in [-0.39, 0.29) is 24.3 Å². The second-order valence-corrected chi connectivity index (χ2v) is 11.3. The highest BCUT2D eigenvalue weighted by atomic mass is 31.2. The Morgan fingerprint density at radius 2 is 1.36 bits per heavy atom. The number of nitrogens with zero attached hydrogens (tertiary/aromatic N) is 2. The number of amides is 1. The molecule has 10 nitrogen and oxygen atoms in total. The Morgan fingerprint density at radius 3 is 1.81 bits per heavy atom. The average molecular weight is 669 g/mol. The molecule has 4 aromatic carbocycles. The molecule has 0 fully saturated rings. The Hall–Kier alpha value is -4.39. The van der Waals surface area contributed by atoms with Gasteiger partial charge in [0.05, 0.1) is 20.8 Å². The SMILES string of the molecule is COc1ccc(C(OCC(CNC(=O)c2ccc(C3(C(F)(F)F)N=N3)cc2)OP(N)O)(c2ccccc2)c2ccc(OC)cc2)cc1. The number of ether oxygens (including phenoxy) is 3. The van der Waals surface area contributed by atoms with Crippen molar-refractivity contribution in [2.75, 3.05) is 27.4 Å². The van der Waals surface area contributed by atoms with Gasteiger partial charge in [0, 0.05) is 17.7 Å². The maximum atomic E-state index is 13.4. The molecule has 14 heteroatoms. The van der Waals surface area contributed by atoms with Crippen LogP contribution in [0.15, 0.2) is 113 Å². The molecule has 246 valence electrons. The first-order chi connectivity index (χ1) is 22.5. The number of alkyl halides is 3. The van der Waals surface area contributed by atoms with Crippen molar-refractivity contribution in [2.24, 2.45) is 15.7 Å². The Bertz CT molecular complexity index is 1620. The molecule has 0 aromatic heterocycles. The summed E-state index contributed by atoms with van der Waals surface area (Å²) in [6, 6.07) is 29.1.